The van der Waals surface area contributed by atoms with E-state index in [0.29, 0.717) is 6.42 Å². The van der Waals surface area contributed by atoms with Crippen molar-refractivity contribution < 1.29 is 27.6 Å². The van der Waals surface area contributed by atoms with Crippen LogP contribution in [0.25, 0.3) is 0 Å². The van der Waals surface area contributed by atoms with Crippen molar-refractivity contribution in [3.63, 3.8) is 0 Å². The lowest BCUT2D eigenvalue weighted by atomic mass is 10.4. The highest BCUT2D eigenvalue weighted by molar-refractivity contribution is 7.70. The molecule has 1 unspecified atom stereocenters. The summed E-state index contributed by atoms with van der Waals surface area (Å²) in [6, 6.07) is 0. The minimum atomic E-state index is -3.95. The van der Waals surface area contributed by atoms with Crippen LogP contribution in [0.5, 0.6) is 0 Å². The predicted octanol–water partition coefficient (Wildman–Crippen LogP) is 4.77. The molecule has 0 amide bonds. The summed E-state index contributed by atoms with van der Waals surface area (Å²) in [4.78, 5) is 9.79. The van der Waals surface area contributed by atoms with Gasteiger partial charge in [-0.2, -0.15) is 0 Å². The molecule has 0 aliphatic rings. The molecule has 0 aliphatic heterocycles. The molecule has 8 heteroatoms. The summed E-state index contributed by atoms with van der Waals surface area (Å²) in [5.41, 5.74) is 0. The fourth-order valence-corrected chi connectivity index (χ4v) is 5.46. The molecule has 1 N–H and O–H groups in total. The van der Waals surface area contributed by atoms with Crippen molar-refractivity contribution in [2.75, 3.05) is 25.7 Å². The molecule has 0 saturated heterocycles. The molecule has 0 aromatic heterocycles. The van der Waals surface area contributed by atoms with E-state index >= 15 is 0 Å². The zero-order valence-corrected chi connectivity index (χ0v) is 15.2. The first-order valence-electron chi connectivity index (χ1n) is 7.73. The van der Waals surface area contributed by atoms with Gasteiger partial charge in [0.2, 0.25) is 0 Å². The molecule has 0 heterocycles. The highest BCUT2D eigenvalue weighted by atomic mass is 31.2. The fourth-order valence-electron chi connectivity index (χ4n) is 1.43. The molecule has 128 valence electrons. The van der Waals surface area contributed by atoms with Crippen molar-refractivity contribution in [2.45, 2.75) is 59.3 Å². The maximum absolute atomic E-state index is 12.6. The third-order valence-corrected chi connectivity index (χ3v) is 7.27. The summed E-state index contributed by atoms with van der Waals surface area (Å²) in [5, 5.41) is 0. The Kier molecular flexibility index (Phi) is 12.0. The second-order valence-corrected chi connectivity index (χ2v) is 9.35. The highest BCUT2D eigenvalue weighted by Gasteiger charge is 2.36. The van der Waals surface area contributed by atoms with Gasteiger partial charge in [-0.3, -0.25) is 9.13 Å². The second kappa shape index (κ2) is 11.8. The monoisotopic (exact) mass is 344 g/mol. The van der Waals surface area contributed by atoms with E-state index in [1.807, 2.05) is 20.8 Å². The molecule has 6 nitrogen and oxygen atoms in total. The van der Waals surface area contributed by atoms with Crippen LogP contribution in [0.2, 0.25) is 0 Å². The van der Waals surface area contributed by atoms with E-state index in [4.69, 9.17) is 13.6 Å². The zero-order valence-electron chi connectivity index (χ0n) is 13.5. The largest absolute Gasteiger partial charge is 0.342 e. The highest BCUT2D eigenvalue weighted by Crippen LogP contribution is 2.61. The van der Waals surface area contributed by atoms with E-state index in [1.165, 1.54) is 0 Å². The van der Waals surface area contributed by atoms with Gasteiger partial charge in [0, 0.05) is 0 Å². The predicted molar refractivity (Wildman–Crippen MR) is 84.9 cm³/mol. The Bertz CT molecular complexity index is 334. The van der Waals surface area contributed by atoms with Crippen LogP contribution < -0.4 is 0 Å². The first-order chi connectivity index (χ1) is 9.89. The van der Waals surface area contributed by atoms with Gasteiger partial charge >= 0.3 is 15.2 Å². The van der Waals surface area contributed by atoms with Crippen LogP contribution in [0, 0.1) is 0 Å². The smallest absolute Gasteiger partial charge is 0.324 e. The number of hydrogen-bond donors (Lipinski definition) is 1. The van der Waals surface area contributed by atoms with Gasteiger partial charge < -0.3 is 18.5 Å². The normalized spacial score (nSPS) is 15.0. The quantitative estimate of drug-likeness (QED) is 0.361. The standard InChI is InChI=1S/C13H30O6P2/c1-4-7-10-17-20(14,15)13-21(16,18-11-8-5-2)19-12-9-6-3/h4-13H2,1-3H3,(H,14,15). The third kappa shape index (κ3) is 11.5. The lowest BCUT2D eigenvalue weighted by molar-refractivity contribution is 0.199. The number of hydrogen-bond acceptors (Lipinski definition) is 5. The maximum atomic E-state index is 12.6. The Balaban J connectivity index is 4.54. The van der Waals surface area contributed by atoms with Crippen molar-refractivity contribution in [1.82, 2.24) is 0 Å². The molecule has 0 rings (SSSR count). The Morgan fingerprint density at radius 2 is 1.14 bits per heavy atom. The lowest BCUT2D eigenvalue weighted by Crippen LogP contribution is -2.05. The first-order valence-corrected chi connectivity index (χ1v) is 11.2. The summed E-state index contributed by atoms with van der Waals surface area (Å²) >= 11 is 0. The van der Waals surface area contributed by atoms with Gasteiger partial charge in [0.1, 0.15) is 0 Å². The molecule has 0 fully saturated rings. The molecular formula is C13H30O6P2. The lowest BCUT2D eigenvalue weighted by Gasteiger charge is -2.21. The van der Waals surface area contributed by atoms with Crippen LogP contribution in [-0.2, 0) is 22.7 Å². The van der Waals surface area contributed by atoms with Crippen molar-refractivity contribution in [3.8, 4) is 0 Å². The van der Waals surface area contributed by atoms with Crippen LogP contribution in [0.1, 0.15) is 59.3 Å². The summed E-state index contributed by atoms with van der Waals surface area (Å²) < 4.78 is 40.0. The van der Waals surface area contributed by atoms with Crippen molar-refractivity contribution in [3.05, 3.63) is 0 Å². The average molecular weight is 344 g/mol. The first kappa shape index (κ1) is 21.3. The molecule has 0 bridgehead atoms. The van der Waals surface area contributed by atoms with E-state index in [9.17, 15) is 14.0 Å². The SMILES string of the molecule is CCCCOP(=O)(O)CP(=O)(OCCCC)OCCCC. The van der Waals surface area contributed by atoms with Crippen LogP contribution in [0.3, 0.4) is 0 Å². The van der Waals surface area contributed by atoms with Gasteiger partial charge in [0.15, 0.2) is 5.90 Å². The molecule has 0 radical (unpaired) electrons. The molecule has 0 spiro atoms. The molecule has 0 aromatic carbocycles. The van der Waals surface area contributed by atoms with E-state index in [2.05, 4.69) is 0 Å². The molecule has 0 saturated carbocycles. The Labute approximate surface area is 128 Å². The number of rotatable bonds is 14. The molecule has 1 atom stereocenters. The molecular weight excluding hydrogens is 314 g/mol. The summed E-state index contributed by atoms with van der Waals surface area (Å²) in [6.07, 6.45) is 4.78. The zero-order chi connectivity index (χ0) is 16.2. The third-order valence-electron chi connectivity index (χ3n) is 2.71. The Morgan fingerprint density at radius 3 is 1.52 bits per heavy atom. The number of unbranched alkanes of at least 4 members (excludes halogenated alkanes) is 3. The molecule has 21 heavy (non-hydrogen) atoms. The van der Waals surface area contributed by atoms with E-state index in [-0.39, 0.29) is 19.8 Å². The van der Waals surface area contributed by atoms with Crippen LogP contribution in [0.4, 0.5) is 0 Å². The van der Waals surface area contributed by atoms with Crippen molar-refractivity contribution in [2.24, 2.45) is 0 Å². The summed E-state index contributed by atoms with van der Waals surface area (Å²) in [5.74, 6) is -0.572. The van der Waals surface area contributed by atoms with Gasteiger partial charge in [-0.25, -0.2) is 0 Å². The van der Waals surface area contributed by atoms with Gasteiger partial charge in [-0.1, -0.05) is 40.0 Å². The minimum Gasteiger partial charge on any atom is -0.324 e. The molecule has 0 aliphatic carbocycles. The topological polar surface area (TPSA) is 82.1 Å². The van der Waals surface area contributed by atoms with Gasteiger partial charge in [0.05, 0.1) is 19.8 Å². The Morgan fingerprint density at radius 1 is 0.762 bits per heavy atom. The minimum absolute atomic E-state index is 0.175. The van der Waals surface area contributed by atoms with Crippen LogP contribution >= 0.6 is 15.2 Å². The van der Waals surface area contributed by atoms with Crippen LogP contribution in [0.15, 0.2) is 0 Å². The molecule has 0 aromatic rings. The van der Waals surface area contributed by atoms with E-state index in [0.717, 1.165) is 32.1 Å². The van der Waals surface area contributed by atoms with Crippen molar-refractivity contribution in [1.29, 1.82) is 0 Å². The van der Waals surface area contributed by atoms with E-state index < -0.39 is 21.1 Å². The van der Waals surface area contributed by atoms with Gasteiger partial charge in [-0.05, 0) is 19.3 Å². The summed E-state index contributed by atoms with van der Waals surface area (Å²) in [6.45, 7) is 6.62. The Hall–Kier alpha value is 0.300. The van der Waals surface area contributed by atoms with Crippen LogP contribution in [-0.4, -0.2) is 30.6 Å². The van der Waals surface area contributed by atoms with E-state index in [1.54, 1.807) is 0 Å². The second-order valence-electron chi connectivity index (χ2n) is 4.95. The van der Waals surface area contributed by atoms with Crippen molar-refractivity contribution >= 4 is 15.2 Å². The fraction of sp³-hybridized carbons (Fsp3) is 1.00. The van der Waals surface area contributed by atoms with Gasteiger partial charge in [-0.15, -0.1) is 0 Å². The summed E-state index contributed by atoms with van der Waals surface area (Å²) in [7, 11) is -7.54. The average Bonchev–Trinajstić information content (AvgIpc) is 2.39. The maximum Gasteiger partial charge on any atom is 0.342 e. The van der Waals surface area contributed by atoms with Gasteiger partial charge in [0.25, 0.3) is 0 Å².